The standard InChI is InChI=1S/C23H24IN5/c24-20-10-19(12-25-13-20)23-15-29(28-27-23)14-17-7-8-18-11-21(26-22(18)9-17)6-2-5-16-3-1-4-16/h7-13,15-16,26H,1-6,14H2. The molecule has 3 heterocycles. The Hall–Kier alpha value is -2.22. The molecule has 1 fully saturated rings. The Morgan fingerprint density at radius 2 is 2.07 bits per heavy atom. The van der Waals surface area contributed by atoms with Crippen LogP contribution in [0.5, 0.6) is 0 Å². The van der Waals surface area contributed by atoms with Gasteiger partial charge in [0.1, 0.15) is 5.69 Å². The van der Waals surface area contributed by atoms with E-state index >= 15 is 0 Å². The van der Waals surface area contributed by atoms with E-state index in [4.69, 9.17) is 0 Å². The van der Waals surface area contributed by atoms with Crippen LogP contribution in [0.25, 0.3) is 22.2 Å². The Balaban J connectivity index is 1.27. The molecule has 1 aliphatic rings. The molecule has 0 spiro atoms. The van der Waals surface area contributed by atoms with Crippen molar-refractivity contribution in [2.24, 2.45) is 5.92 Å². The van der Waals surface area contributed by atoms with Gasteiger partial charge in [0.15, 0.2) is 0 Å². The van der Waals surface area contributed by atoms with E-state index in [1.165, 1.54) is 54.3 Å². The molecule has 1 saturated carbocycles. The third kappa shape index (κ3) is 4.37. The summed E-state index contributed by atoms with van der Waals surface area (Å²) in [6, 6.07) is 11.0. The second kappa shape index (κ2) is 8.26. The average Bonchev–Trinajstić information content (AvgIpc) is 3.30. The molecule has 0 aliphatic heterocycles. The van der Waals surface area contributed by atoms with Gasteiger partial charge in [0, 0.05) is 32.7 Å². The molecule has 6 heteroatoms. The predicted octanol–water partition coefficient (Wildman–Crippen LogP) is 5.60. The van der Waals surface area contributed by atoms with E-state index in [9.17, 15) is 0 Å². The summed E-state index contributed by atoms with van der Waals surface area (Å²) >= 11 is 2.26. The van der Waals surface area contributed by atoms with Crippen molar-refractivity contribution in [1.29, 1.82) is 0 Å². The van der Waals surface area contributed by atoms with Crippen molar-refractivity contribution in [3.8, 4) is 11.3 Å². The van der Waals surface area contributed by atoms with Crippen LogP contribution in [0.4, 0.5) is 0 Å². The Morgan fingerprint density at radius 3 is 2.90 bits per heavy atom. The highest BCUT2D eigenvalue weighted by molar-refractivity contribution is 14.1. The molecule has 3 aromatic heterocycles. The van der Waals surface area contributed by atoms with Gasteiger partial charge < -0.3 is 4.98 Å². The van der Waals surface area contributed by atoms with Crippen molar-refractivity contribution in [2.45, 2.75) is 45.1 Å². The van der Waals surface area contributed by atoms with Crippen LogP contribution in [0.15, 0.2) is 48.9 Å². The number of pyridine rings is 1. The average molecular weight is 497 g/mol. The molecule has 0 bridgehead atoms. The molecule has 148 valence electrons. The van der Waals surface area contributed by atoms with Gasteiger partial charge in [-0.15, -0.1) is 5.10 Å². The molecule has 1 aliphatic carbocycles. The van der Waals surface area contributed by atoms with Gasteiger partial charge in [-0.25, -0.2) is 4.68 Å². The van der Waals surface area contributed by atoms with Gasteiger partial charge in [0.25, 0.3) is 0 Å². The Morgan fingerprint density at radius 1 is 1.14 bits per heavy atom. The minimum absolute atomic E-state index is 0.705. The number of benzene rings is 1. The summed E-state index contributed by atoms with van der Waals surface area (Å²) in [5, 5.41) is 9.90. The second-order valence-corrected chi connectivity index (χ2v) is 9.34. The van der Waals surface area contributed by atoms with Gasteiger partial charge in [-0.05, 0) is 70.5 Å². The normalized spacial score (nSPS) is 14.4. The first-order chi connectivity index (χ1) is 14.2. The van der Waals surface area contributed by atoms with Crippen LogP contribution in [0.3, 0.4) is 0 Å². The third-order valence-corrected chi connectivity index (χ3v) is 6.50. The second-order valence-electron chi connectivity index (χ2n) is 8.10. The number of rotatable bonds is 7. The molecule has 1 aromatic carbocycles. The molecular formula is C23H24IN5. The summed E-state index contributed by atoms with van der Waals surface area (Å²) in [5.41, 5.74) is 5.63. The summed E-state index contributed by atoms with van der Waals surface area (Å²) in [4.78, 5) is 7.85. The lowest BCUT2D eigenvalue weighted by molar-refractivity contribution is 0.290. The van der Waals surface area contributed by atoms with Gasteiger partial charge in [0.05, 0.1) is 12.7 Å². The molecule has 0 atom stereocenters. The summed E-state index contributed by atoms with van der Waals surface area (Å²) in [6.45, 7) is 0.705. The van der Waals surface area contributed by atoms with Crippen LogP contribution < -0.4 is 0 Å². The largest absolute Gasteiger partial charge is 0.358 e. The number of nitrogens with zero attached hydrogens (tertiary/aromatic N) is 4. The molecule has 0 unspecified atom stereocenters. The van der Waals surface area contributed by atoms with Crippen LogP contribution in [0.1, 0.15) is 43.4 Å². The molecule has 0 radical (unpaired) electrons. The fourth-order valence-electron chi connectivity index (χ4n) is 4.08. The number of nitrogens with one attached hydrogen (secondary N) is 1. The molecule has 0 amide bonds. The highest BCUT2D eigenvalue weighted by Crippen LogP contribution is 2.31. The van der Waals surface area contributed by atoms with Crippen LogP contribution in [0.2, 0.25) is 0 Å². The number of hydrogen-bond donors (Lipinski definition) is 1. The van der Waals surface area contributed by atoms with Gasteiger partial charge in [-0.3, -0.25) is 4.98 Å². The molecule has 5 nitrogen and oxygen atoms in total. The van der Waals surface area contributed by atoms with Crippen molar-refractivity contribution < 1.29 is 0 Å². The van der Waals surface area contributed by atoms with Gasteiger partial charge >= 0.3 is 0 Å². The molecular weight excluding hydrogens is 473 g/mol. The number of aromatic nitrogens is 5. The fourth-order valence-corrected chi connectivity index (χ4v) is 4.57. The van der Waals surface area contributed by atoms with Gasteiger partial charge in [-0.1, -0.05) is 43.0 Å². The summed E-state index contributed by atoms with van der Waals surface area (Å²) in [6.07, 6.45) is 13.8. The highest BCUT2D eigenvalue weighted by Gasteiger charge is 2.16. The van der Waals surface area contributed by atoms with Crippen LogP contribution in [-0.4, -0.2) is 25.0 Å². The Kier molecular flexibility index (Phi) is 5.35. The first kappa shape index (κ1) is 18.8. The Labute approximate surface area is 184 Å². The molecule has 5 rings (SSSR count). The first-order valence-electron chi connectivity index (χ1n) is 10.3. The number of aromatic amines is 1. The zero-order valence-corrected chi connectivity index (χ0v) is 18.5. The van der Waals surface area contributed by atoms with E-state index in [0.717, 1.165) is 27.2 Å². The smallest absolute Gasteiger partial charge is 0.114 e. The van der Waals surface area contributed by atoms with Crippen molar-refractivity contribution in [2.75, 3.05) is 0 Å². The quantitative estimate of drug-likeness (QED) is 0.339. The zero-order chi connectivity index (χ0) is 19.6. The van der Waals surface area contributed by atoms with E-state index in [0.29, 0.717) is 6.54 Å². The summed E-state index contributed by atoms with van der Waals surface area (Å²) in [5.74, 6) is 0.994. The molecule has 29 heavy (non-hydrogen) atoms. The van der Waals surface area contributed by atoms with Crippen molar-refractivity contribution in [3.63, 3.8) is 0 Å². The maximum absolute atomic E-state index is 4.31. The van der Waals surface area contributed by atoms with Crippen LogP contribution in [0, 0.1) is 9.49 Å². The lowest BCUT2D eigenvalue weighted by Crippen LogP contribution is -2.10. The molecule has 0 saturated heterocycles. The van der Waals surface area contributed by atoms with Crippen LogP contribution in [-0.2, 0) is 13.0 Å². The zero-order valence-electron chi connectivity index (χ0n) is 16.3. The van der Waals surface area contributed by atoms with Gasteiger partial charge in [0.2, 0.25) is 0 Å². The van der Waals surface area contributed by atoms with E-state index < -0.39 is 0 Å². The van der Waals surface area contributed by atoms with E-state index in [2.05, 4.69) is 73.2 Å². The first-order valence-corrected chi connectivity index (χ1v) is 11.4. The van der Waals surface area contributed by atoms with Gasteiger partial charge in [-0.2, -0.15) is 0 Å². The minimum Gasteiger partial charge on any atom is -0.358 e. The van der Waals surface area contributed by atoms with E-state index in [1.807, 2.05) is 23.3 Å². The van der Waals surface area contributed by atoms with E-state index in [1.54, 1.807) is 0 Å². The predicted molar refractivity (Wildman–Crippen MR) is 124 cm³/mol. The third-order valence-electron chi connectivity index (χ3n) is 5.91. The highest BCUT2D eigenvalue weighted by atomic mass is 127. The number of aryl methyl sites for hydroxylation is 1. The number of halogens is 1. The Bertz CT molecular complexity index is 1130. The topological polar surface area (TPSA) is 59.4 Å². The molecule has 4 aromatic rings. The van der Waals surface area contributed by atoms with Crippen LogP contribution >= 0.6 is 22.6 Å². The maximum Gasteiger partial charge on any atom is 0.114 e. The van der Waals surface area contributed by atoms with Crippen molar-refractivity contribution in [1.82, 2.24) is 25.0 Å². The van der Waals surface area contributed by atoms with E-state index in [-0.39, 0.29) is 0 Å². The fraction of sp³-hybridized carbons (Fsp3) is 0.348. The summed E-state index contributed by atoms with van der Waals surface area (Å²) in [7, 11) is 0. The summed E-state index contributed by atoms with van der Waals surface area (Å²) < 4.78 is 2.98. The maximum atomic E-state index is 4.31. The minimum atomic E-state index is 0.705. The lowest BCUT2D eigenvalue weighted by atomic mass is 9.82. The van der Waals surface area contributed by atoms with Crippen molar-refractivity contribution >= 4 is 33.5 Å². The number of H-pyrrole nitrogens is 1. The van der Waals surface area contributed by atoms with Crippen molar-refractivity contribution in [3.05, 3.63) is 63.7 Å². The number of fused-ring (bicyclic) bond motifs is 1. The lowest BCUT2D eigenvalue weighted by Gasteiger charge is -2.24. The SMILES string of the molecule is Ic1cncc(-c2cn(Cc3ccc4cc(CCCC5CCC5)[nH]c4c3)nn2)c1. The molecule has 1 N–H and O–H groups in total. The number of hydrogen-bond acceptors (Lipinski definition) is 3. The monoisotopic (exact) mass is 497 g/mol.